The molecule has 0 aliphatic carbocycles. The second kappa shape index (κ2) is 15.1. The molecule has 1 aromatic heterocycles. The molecule has 0 saturated carbocycles. The number of primary amides is 1. The third-order valence-corrected chi connectivity index (χ3v) is 9.31. The number of nitrogens with two attached hydrogens (primary N) is 3. The van der Waals surface area contributed by atoms with E-state index in [9.17, 15) is 14.0 Å². The van der Waals surface area contributed by atoms with Crippen molar-refractivity contribution >= 4 is 34.5 Å². The van der Waals surface area contributed by atoms with Crippen molar-refractivity contribution in [2.45, 2.75) is 45.1 Å². The van der Waals surface area contributed by atoms with E-state index in [1.165, 1.54) is 17.7 Å². The van der Waals surface area contributed by atoms with Gasteiger partial charge in [-0.15, -0.1) is 0 Å². The maximum absolute atomic E-state index is 13.8. The number of aromatic nitrogens is 2. The number of amides is 2. The van der Waals surface area contributed by atoms with Crippen molar-refractivity contribution in [1.82, 2.24) is 14.5 Å². The van der Waals surface area contributed by atoms with E-state index in [0.717, 1.165) is 5.69 Å². The van der Waals surface area contributed by atoms with Crippen LogP contribution in [0.3, 0.4) is 0 Å². The molecule has 12 heteroatoms. The summed E-state index contributed by atoms with van der Waals surface area (Å²) in [6, 6.07) is 26.5. The normalized spacial score (nSPS) is 13.9. The highest BCUT2D eigenvalue weighted by Crippen LogP contribution is 2.34. The van der Waals surface area contributed by atoms with Crippen molar-refractivity contribution in [1.29, 1.82) is 0 Å². The average Bonchev–Trinajstić information content (AvgIpc) is 3.50. The van der Waals surface area contributed by atoms with E-state index in [4.69, 9.17) is 26.9 Å². The Bertz CT molecular complexity index is 2080. The smallest absolute Gasteiger partial charge is 0.254 e. The van der Waals surface area contributed by atoms with Gasteiger partial charge in [0.05, 0.1) is 11.0 Å². The molecule has 11 nitrogen and oxygen atoms in total. The fourth-order valence-electron chi connectivity index (χ4n) is 6.50. The topological polar surface area (TPSA) is 158 Å². The van der Waals surface area contributed by atoms with Gasteiger partial charge in [-0.05, 0) is 90.6 Å². The first-order valence-electron chi connectivity index (χ1n) is 17.4. The van der Waals surface area contributed by atoms with Crippen LogP contribution in [0.15, 0.2) is 96.0 Å². The highest BCUT2D eigenvalue weighted by molar-refractivity contribution is 5.98. The number of carbonyl (C=O) groups is 2. The molecule has 2 amide bonds. The summed E-state index contributed by atoms with van der Waals surface area (Å²) in [5.41, 5.74) is 21.6. The summed E-state index contributed by atoms with van der Waals surface area (Å²) >= 11 is 0. The number of halogens is 1. The van der Waals surface area contributed by atoms with Crippen LogP contribution in [0.2, 0.25) is 0 Å². The maximum atomic E-state index is 13.8. The van der Waals surface area contributed by atoms with E-state index in [0.29, 0.717) is 85.0 Å². The average molecular weight is 705 g/mol. The molecule has 0 radical (unpaired) electrons. The van der Waals surface area contributed by atoms with E-state index in [-0.39, 0.29) is 23.1 Å². The van der Waals surface area contributed by atoms with Crippen LogP contribution < -0.4 is 26.8 Å². The molecule has 0 unspecified atom stereocenters. The van der Waals surface area contributed by atoms with Crippen LogP contribution in [-0.4, -0.2) is 64.9 Å². The molecule has 6 rings (SSSR count). The lowest BCUT2D eigenvalue weighted by molar-refractivity contribution is -0.121. The highest BCUT2D eigenvalue weighted by atomic mass is 19.1. The first kappa shape index (κ1) is 35.9. The number of fused-ring (bicyclic) bond motifs is 1. The minimum atomic E-state index is -0.773. The number of benzene rings is 4. The lowest BCUT2D eigenvalue weighted by Gasteiger charge is -2.36. The minimum absolute atomic E-state index is 0.0163. The Morgan fingerprint density at radius 1 is 0.885 bits per heavy atom. The third kappa shape index (κ3) is 8.17. The Morgan fingerprint density at radius 2 is 1.60 bits per heavy atom. The van der Waals surface area contributed by atoms with Gasteiger partial charge in [0.25, 0.3) is 5.91 Å². The van der Waals surface area contributed by atoms with Crippen molar-refractivity contribution in [3.8, 4) is 22.9 Å². The third-order valence-electron chi connectivity index (χ3n) is 9.31. The summed E-state index contributed by atoms with van der Waals surface area (Å²) < 4.78 is 21.5. The zero-order valence-electron chi connectivity index (χ0n) is 29.8. The number of ether oxygens (including phenoxy) is 1. The van der Waals surface area contributed by atoms with Crippen LogP contribution >= 0.6 is 0 Å². The lowest BCUT2D eigenvalue weighted by atomic mass is 9.87. The standard InChI is InChI=1S/C40H45FN8O3/c1-40(2,3)28-10-16-31(17-11-28)52-32-7-4-6-26(24-32)37-46-33-25-27(9-18-34(33)49(37)35(36(42)50)8-5-19-45-39(43)44)38(51)48-22-20-47(21-23-48)30-14-12-29(41)13-15-30/h4,6-7,9-18,24-25,35H,5,8,19-23H2,1-3H3,(H2,42,50)(H4,43,44,45)/t35-/m1/s1. The lowest BCUT2D eigenvalue weighted by Crippen LogP contribution is -2.48. The molecule has 1 aliphatic rings. The number of hydrogen-bond donors (Lipinski definition) is 3. The first-order valence-corrected chi connectivity index (χ1v) is 17.4. The number of aliphatic imine (C=N–C) groups is 1. The number of nitrogens with zero attached hydrogens (tertiary/aromatic N) is 5. The van der Waals surface area contributed by atoms with Crippen LogP contribution in [0, 0.1) is 5.82 Å². The Morgan fingerprint density at radius 3 is 2.25 bits per heavy atom. The second-order valence-corrected chi connectivity index (χ2v) is 14.0. The molecular formula is C40H45FN8O3. The van der Waals surface area contributed by atoms with Gasteiger partial charge >= 0.3 is 0 Å². The maximum Gasteiger partial charge on any atom is 0.254 e. The van der Waals surface area contributed by atoms with Crippen molar-refractivity contribution in [2.75, 3.05) is 37.6 Å². The predicted molar refractivity (Wildman–Crippen MR) is 203 cm³/mol. The number of rotatable bonds is 11. The van der Waals surface area contributed by atoms with Gasteiger partial charge in [-0.3, -0.25) is 14.6 Å². The molecule has 6 N–H and O–H groups in total. The Hall–Kier alpha value is -5.91. The van der Waals surface area contributed by atoms with Gasteiger partial charge in [0.15, 0.2) is 5.96 Å². The number of anilines is 1. The quantitative estimate of drug-likeness (QED) is 0.0868. The van der Waals surface area contributed by atoms with Gasteiger partial charge in [-0.25, -0.2) is 9.37 Å². The largest absolute Gasteiger partial charge is 0.457 e. The summed E-state index contributed by atoms with van der Waals surface area (Å²) in [6.07, 6.45) is 0.860. The van der Waals surface area contributed by atoms with Gasteiger partial charge in [0, 0.05) is 49.5 Å². The molecule has 1 atom stereocenters. The fourth-order valence-corrected chi connectivity index (χ4v) is 6.50. The summed E-state index contributed by atoms with van der Waals surface area (Å²) in [6.45, 7) is 9.09. The summed E-state index contributed by atoms with van der Waals surface area (Å²) in [5, 5.41) is 0. The number of hydrogen-bond acceptors (Lipinski definition) is 6. The minimum Gasteiger partial charge on any atom is -0.457 e. The fraction of sp³-hybridized carbons (Fsp3) is 0.300. The van der Waals surface area contributed by atoms with E-state index in [2.05, 4.69) is 42.8 Å². The Balaban J connectivity index is 1.31. The zero-order chi connectivity index (χ0) is 37.0. The first-order chi connectivity index (χ1) is 24.9. The SMILES string of the molecule is CC(C)(C)c1ccc(Oc2cccc(-c3nc4cc(C(=O)N5CCN(c6ccc(F)cc6)CC5)ccc4n3[C@H](CCCN=C(N)N)C(N)=O)c2)cc1. The molecular weight excluding hydrogens is 659 g/mol. The van der Waals surface area contributed by atoms with E-state index in [1.807, 2.05) is 51.9 Å². The molecule has 0 spiro atoms. The molecule has 52 heavy (non-hydrogen) atoms. The number of carbonyl (C=O) groups excluding carboxylic acids is 2. The predicted octanol–water partition coefficient (Wildman–Crippen LogP) is 5.97. The molecule has 5 aromatic rings. The van der Waals surface area contributed by atoms with Crippen molar-refractivity contribution in [2.24, 2.45) is 22.2 Å². The molecule has 1 saturated heterocycles. The summed E-state index contributed by atoms with van der Waals surface area (Å²) in [5.74, 6) is 0.836. The summed E-state index contributed by atoms with van der Waals surface area (Å²) in [7, 11) is 0. The van der Waals surface area contributed by atoms with Crippen LogP contribution in [0.5, 0.6) is 11.5 Å². The molecule has 0 bridgehead atoms. The van der Waals surface area contributed by atoms with Gasteiger partial charge < -0.3 is 36.3 Å². The molecule has 4 aromatic carbocycles. The van der Waals surface area contributed by atoms with Gasteiger partial charge in [-0.2, -0.15) is 0 Å². The Kier molecular flexibility index (Phi) is 10.5. The molecule has 270 valence electrons. The zero-order valence-corrected chi connectivity index (χ0v) is 29.8. The van der Waals surface area contributed by atoms with Crippen LogP contribution in [0.1, 0.15) is 55.6 Å². The molecule has 1 aliphatic heterocycles. The number of guanidine groups is 1. The molecule has 1 fully saturated rings. The van der Waals surface area contributed by atoms with Crippen molar-refractivity contribution in [3.63, 3.8) is 0 Å². The van der Waals surface area contributed by atoms with E-state index < -0.39 is 11.9 Å². The number of piperazine rings is 1. The van der Waals surface area contributed by atoms with Crippen molar-refractivity contribution in [3.05, 3.63) is 108 Å². The monoisotopic (exact) mass is 704 g/mol. The van der Waals surface area contributed by atoms with E-state index >= 15 is 0 Å². The summed E-state index contributed by atoms with van der Waals surface area (Å²) in [4.78, 5) is 39.8. The van der Waals surface area contributed by atoms with Gasteiger partial charge in [0.1, 0.15) is 29.2 Å². The van der Waals surface area contributed by atoms with Gasteiger partial charge in [-0.1, -0.05) is 45.0 Å². The van der Waals surface area contributed by atoms with Crippen LogP contribution in [-0.2, 0) is 10.2 Å². The van der Waals surface area contributed by atoms with Crippen molar-refractivity contribution < 1.29 is 18.7 Å². The Labute approximate surface area is 302 Å². The van der Waals surface area contributed by atoms with Gasteiger partial charge in [0.2, 0.25) is 5.91 Å². The van der Waals surface area contributed by atoms with E-state index in [1.54, 1.807) is 24.3 Å². The highest BCUT2D eigenvalue weighted by Gasteiger charge is 2.27. The van der Waals surface area contributed by atoms with Crippen LogP contribution in [0.25, 0.3) is 22.4 Å². The molecule has 2 heterocycles. The number of imidazole rings is 1. The van der Waals surface area contributed by atoms with Crippen LogP contribution in [0.4, 0.5) is 10.1 Å². The second-order valence-electron chi connectivity index (χ2n) is 14.0.